The van der Waals surface area contributed by atoms with E-state index in [0.717, 1.165) is 16.8 Å². The molecule has 33 heavy (non-hydrogen) atoms. The average molecular weight is 460 g/mol. The number of hydrogen-bond acceptors (Lipinski definition) is 5. The van der Waals surface area contributed by atoms with E-state index in [0.29, 0.717) is 27.5 Å². The summed E-state index contributed by atoms with van der Waals surface area (Å²) in [4.78, 5) is 31.3. The summed E-state index contributed by atoms with van der Waals surface area (Å²) in [6.45, 7) is 5.73. The zero-order valence-electron chi connectivity index (χ0n) is 19.0. The molecule has 4 aromatic rings. The van der Waals surface area contributed by atoms with Gasteiger partial charge < -0.3 is 10.1 Å². The van der Waals surface area contributed by atoms with E-state index in [1.165, 1.54) is 16.3 Å². The number of carbonyl (C=O) groups is 1. The fraction of sp³-hybridized carbons (Fsp3) is 0.192. The molecule has 1 heterocycles. The first-order valence-corrected chi connectivity index (χ1v) is 11.5. The number of ether oxygens (including phenoxy) is 1. The first-order chi connectivity index (χ1) is 15.9. The van der Waals surface area contributed by atoms with Crippen LogP contribution in [0.5, 0.6) is 5.75 Å². The Morgan fingerprint density at radius 1 is 1.00 bits per heavy atom. The third-order valence-electron chi connectivity index (χ3n) is 5.45. The van der Waals surface area contributed by atoms with Gasteiger partial charge in [0.1, 0.15) is 5.75 Å². The summed E-state index contributed by atoms with van der Waals surface area (Å²) in [5, 5.41) is 3.45. The van der Waals surface area contributed by atoms with Gasteiger partial charge in [-0.1, -0.05) is 54.2 Å². The number of amides is 1. The summed E-state index contributed by atoms with van der Waals surface area (Å²) in [7, 11) is 1.56. The fourth-order valence-corrected chi connectivity index (χ4v) is 4.59. The zero-order chi connectivity index (χ0) is 23.5. The zero-order valence-corrected chi connectivity index (χ0v) is 19.8. The smallest absolute Gasteiger partial charge is 0.266 e. The van der Waals surface area contributed by atoms with Crippen molar-refractivity contribution in [2.75, 3.05) is 12.4 Å². The molecule has 0 bridgehead atoms. The Hall–Kier alpha value is -3.58. The first-order valence-electron chi connectivity index (χ1n) is 10.6. The Labute approximate surface area is 196 Å². The Bertz CT molecular complexity index is 1380. The highest BCUT2D eigenvalue weighted by Crippen LogP contribution is 2.30. The predicted molar refractivity (Wildman–Crippen MR) is 134 cm³/mol. The van der Waals surface area contributed by atoms with Gasteiger partial charge in [0.15, 0.2) is 5.16 Å². The number of carbonyl (C=O) groups excluding carboxylic acids is 1. The Morgan fingerprint density at radius 3 is 2.39 bits per heavy atom. The highest BCUT2D eigenvalue weighted by molar-refractivity contribution is 8.00. The molecule has 0 saturated heterocycles. The number of benzene rings is 3. The number of nitrogens with one attached hydrogen (secondary N) is 1. The van der Waals surface area contributed by atoms with Gasteiger partial charge in [0.25, 0.3) is 5.56 Å². The van der Waals surface area contributed by atoms with Crippen molar-refractivity contribution >= 4 is 34.3 Å². The Morgan fingerprint density at radius 2 is 1.67 bits per heavy atom. The van der Waals surface area contributed by atoms with Crippen LogP contribution in [-0.2, 0) is 4.79 Å². The van der Waals surface area contributed by atoms with Gasteiger partial charge in [-0.3, -0.25) is 14.2 Å². The van der Waals surface area contributed by atoms with Crippen molar-refractivity contribution < 1.29 is 9.53 Å². The molecule has 0 spiro atoms. The molecule has 168 valence electrons. The summed E-state index contributed by atoms with van der Waals surface area (Å²) in [6.07, 6.45) is 0. The second-order valence-corrected chi connectivity index (χ2v) is 9.05. The molecule has 4 rings (SSSR count). The molecular weight excluding hydrogens is 434 g/mol. The van der Waals surface area contributed by atoms with E-state index in [1.807, 2.05) is 69.3 Å². The lowest BCUT2D eigenvalue weighted by atomic mass is 10.1. The fourth-order valence-electron chi connectivity index (χ4n) is 3.67. The number of methoxy groups -OCH3 is 1. The molecular formula is C26H25N3O3S. The Kier molecular flexibility index (Phi) is 6.51. The predicted octanol–water partition coefficient (Wildman–Crippen LogP) is 5.13. The number of aryl methyl sites for hydroxylation is 2. The lowest BCUT2D eigenvalue weighted by molar-refractivity contribution is -0.115. The third-order valence-corrected chi connectivity index (χ3v) is 6.50. The minimum atomic E-state index is -0.502. The lowest BCUT2D eigenvalue weighted by Crippen LogP contribution is -2.27. The van der Waals surface area contributed by atoms with Crippen LogP contribution < -0.4 is 15.6 Å². The standard InChI is InChI=1S/C26H25N3O3S/c1-16-10-9-11-17(2)23(16)28-24(30)18(3)33-26-27-20-13-6-5-12-19(20)25(31)29(26)21-14-7-8-15-22(21)32-4/h5-15,18H,1-4H3,(H,28,30). The monoisotopic (exact) mass is 459 g/mol. The van der Waals surface area contributed by atoms with Gasteiger partial charge in [-0.15, -0.1) is 0 Å². The van der Waals surface area contributed by atoms with Crippen LogP contribution in [0.4, 0.5) is 5.69 Å². The van der Waals surface area contributed by atoms with E-state index < -0.39 is 5.25 Å². The molecule has 3 aromatic carbocycles. The normalized spacial score (nSPS) is 11.9. The van der Waals surface area contributed by atoms with Gasteiger partial charge in [0.2, 0.25) is 5.91 Å². The number of para-hydroxylation sites is 4. The summed E-state index contributed by atoms with van der Waals surface area (Å²) in [6, 6.07) is 20.4. The summed E-state index contributed by atoms with van der Waals surface area (Å²) in [5.41, 5.74) is 3.75. The van der Waals surface area contributed by atoms with Gasteiger partial charge in [0, 0.05) is 5.69 Å². The van der Waals surface area contributed by atoms with Gasteiger partial charge in [-0.05, 0) is 56.2 Å². The van der Waals surface area contributed by atoms with Gasteiger partial charge in [-0.25, -0.2) is 4.98 Å². The van der Waals surface area contributed by atoms with E-state index in [9.17, 15) is 9.59 Å². The van der Waals surface area contributed by atoms with E-state index in [4.69, 9.17) is 9.72 Å². The molecule has 7 heteroatoms. The molecule has 0 fully saturated rings. The number of nitrogens with zero attached hydrogens (tertiary/aromatic N) is 2. The molecule has 1 amide bonds. The second kappa shape index (κ2) is 9.50. The maximum Gasteiger partial charge on any atom is 0.266 e. The number of aromatic nitrogens is 2. The third kappa shape index (κ3) is 4.50. The summed E-state index contributed by atoms with van der Waals surface area (Å²) in [5.74, 6) is 0.387. The number of hydrogen-bond donors (Lipinski definition) is 1. The molecule has 0 aliphatic carbocycles. The Balaban J connectivity index is 1.77. The molecule has 1 unspecified atom stereocenters. The minimum Gasteiger partial charge on any atom is -0.495 e. The first kappa shape index (κ1) is 22.6. The van der Waals surface area contributed by atoms with Crippen LogP contribution in [-0.4, -0.2) is 27.8 Å². The maximum absolute atomic E-state index is 13.5. The van der Waals surface area contributed by atoms with E-state index in [-0.39, 0.29) is 11.5 Å². The molecule has 1 atom stereocenters. The van der Waals surface area contributed by atoms with Crippen molar-refractivity contribution in [1.29, 1.82) is 0 Å². The number of fused-ring (bicyclic) bond motifs is 1. The molecule has 0 aliphatic rings. The quantitative estimate of drug-likeness (QED) is 0.320. The molecule has 0 saturated carbocycles. The number of anilines is 1. The largest absolute Gasteiger partial charge is 0.495 e. The maximum atomic E-state index is 13.5. The van der Waals surface area contributed by atoms with Crippen LogP contribution in [0.3, 0.4) is 0 Å². The van der Waals surface area contributed by atoms with Gasteiger partial charge in [-0.2, -0.15) is 0 Å². The van der Waals surface area contributed by atoms with Crippen molar-refractivity contribution in [2.45, 2.75) is 31.2 Å². The second-order valence-electron chi connectivity index (χ2n) is 7.74. The van der Waals surface area contributed by atoms with Gasteiger partial charge >= 0.3 is 0 Å². The summed E-state index contributed by atoms with van der Waals surface area (Å²) >= 11 is 1.24. The van der Waals surface area contributed by atoms with Crippen molar-refractivity contribution in [3.63, 3.8) is 0 Å². The van der Waals surface area contributed by atoms with Crippen LogP contribution in [0.1, 0.15) is 18.1 Å². The number of thioether (sulfide) groups is 1. The number of rotatable bonds is 6. The average Bonchev–Trinajstić information content (AvgIpc) is 2.81. The van der Waals surface area contributed by atoms with Crippen molar-refractivity contribution in [2.24, 2.45) is 0 Å². The van der Waals surface area contributed by atoms with E-state index >= 15 is 0 Å². The van der Waals surface area contributed by atoms with Crippen LogP contribution in [0.2, 0.25) is 0 Å². The van der Waals surface area contributed by atoms with Crippen molar-refractivity contribution in [3.05, 3.63) is 88.2 Å². The molecule has 0 radical (unpaired) electrons. The lowest BCUT2D eigenvalue weighted by Gasteiger charge is -2.19. The highest BCUT2D eigenvalue weighted by atomic mass is 32.2. The van der Waals surface area contributed by atoms with E-state index in [2.05, 4.69) is 5.32 Å². The SMILES string of the molecule is COc1ccccc1-n1c(SC(C)C(=O)Nc2c(C)cccc2C)nc2ccccc2c1=O. The molecule has 1 aromatic heterocycles. The van der Waals surface area contributed by atoms with Crippen molar-refractivity contribution in [1.82, 2.24) is 9.55 Å². The van der Waals surface area contributed by atoms with Crippen molar-refractivity contribution in [3.8, 4) is 11.4 Å². The highest BCUT2D eigenvalue weighted by Gasteiger charge is 2.22. The van der Waals surface area contributed by atoms with Gasteiger partial charge in [0.05, 0.1) is 29.0 Å². The van der Waals surface area contributed by atoms with Crippen LogP contribution in [0, 0.1) is 13.8 Å². The molecule has 6 nitrogen and oxygen atoms in total. The van der Waals surface area contributed by atoms with Crippen LogP contribution in [0.15, 0.2) is 76.7 Å². The minimum absolute atomic E-state index is 0.161. The van der Waals surface area contributed by atoms with E-state index in [1.54, 1.807) is 25.3 Å². The van der Waals surface area contributed by atoms with Crippen LogP contribution in [0.25, 0.3) is 16.6 Å². The summed E-state index contributed by atoms with van der Waals surface area (Å²) < 4.78 is 7.03. The topological polar surface area (TPSA) is 73.2 Å². The molecule has 1 N–H and O–H groups in total. The van der Waals surface area contributed by atoms with Crippen LogP contribution >= 0.6 is 11.8 Å². The molecule has 0 aliphatic heterocycles.